The minimum Gasteiger partial charge on any atom is -0.493 e. The molecular weight excluding hydrogens is 165 g/mol. The molecule has 0 spiro atoms. The Hall–Kier alpha value is -1.65. The van der Waals surface area contributed by atoms with Gasteiger partial charge in [-0.15, -0.1) is 0 Å². The van der Waals surface area contributed by atoms with Crippen LogP contribution in [0.3, 0.4) is 0 Å². The second-order valence-electron chi connectivity index (χ2n) is 1.95. The molecule has 12 heavy (non-hydrogen) atoms. The standard InChI is InChI=1S/C7H6FNO3/c1-12-6-4-2-3-5(7(6)8)9(10)11/h2-4H,1H3/i1D3. The predicted octanol–water partition coefficient (Wildman–Crippen LogP) is 1.74. The Balaban J connectivity index is 3.10. The largest absolute Gasteiger partial charge is 0.493 e. The number of ether oxygens (including phenoxy) is 1. The number of rotatable bonds is 2. The van der Waals surface area contributed by atoms with E-state index in [-0.39, 0.29) is 0 Å². The third-order valence-corrected chi connectivity index (χ3v) is 1.25. The van der Waals surface area contributed by atoms with Crippen molar-refractivity contribution < 1.29 is 18.2 Å². The first-order valence-corrected chi connectivity index (χ1v) is 2.93. The van der Waals surface area contributed by atoms with Crippen molar-refractivity contribution in [3.63, 3.8) is 0 Å². The van der Waals surface area contributed by atoms with Gasteiger partial charge in [-0.05, 0) is 6.07 Å². The van der Waals surface area contributed by atoms with E-state index in [2.05, 4.69) is 4.74 Å². The van der Waals surface area contributed by atoms with Crippen molar-refractivity contribution in [3.05, 3.63) is 34.1 Å². The van der Waals surface area contributed by atoms with E-state index in [1.807, 2.05) is 0 Å². The molecule has 0 aliphatic carbocycles. The highest BCUT2D eigenvalue weighted by Gasteiger charge is 2.17. The number of nitro groups is 1. The first-order chi connectivity index (χ1) is 6.81. The van der Waals surface area contributed by atoms with Crippen molar-refractivity contribution in [1.82, 2.24) is 0 Å². The summed E-state index contributed by atoms with van der Waals surface area (Å²) in [5, 5.41) is 10.3. The molecule has 1 aromatic rings. The average molecular weight is 174 g/mol. The van der Waals surface area contributed by atoms with Gasteiger partial charge in [0, 0.05) is 6.07 Å². The smallest absolute Gasteiger partial charge is 0.308 e. The highest BCUT2D eigenvalue weighted by atomic mass is 19.1. The maximum atomic E-state index is 13.2. The van der Waals surface area contributed by atoms with E-state index in [1.165, 1.54) is 0 Å². The van der Waals surface area contributed by atoms with Gasteiger partial charge in [-0.2, -0.15) is 4.39 Å². The zero-order valence-corrected chi connectivity index (χ0v) is 5.78. The monoisotopic (exact) mass is 174 g/mol. The van der Waals surface area contributed by atoms with E-state index in [0.29, 0.717) is 0 Å². The number of benzene rings is 1. The quantitative estimate of drug-likeness (QED) is 0.506. The number of hydrogen-bond acceptors (Lipinski definition) is 3. The summed E-state index contributed by atoms with van der Waals surface area (Å²) in [4.78, 5) is 9.35. The molecule has 0 heterocycles. The zero-order valence-electron chi connectivity index (χ0n) is 8.78. The Bertz CT molecular complexity index is 394. The summed E-state index contributed by atoms with van der Waals surface area (Å²) in [5.41, 5.74) is -0.822. The first kappa shape index (κ1) is 5.08. The number of nitro benzene ring substituents is 1. The Labute approximate surface area is 71.9 Å². The van der Waals surface area contributed by atoms with Gasteiger partial charge in [0.15, 0.2) is 5.75 Å². The molecule has 1 aromatic carbocycles. The molecule has 4 nitrogen and oxygen atoms in total. The summed E-state index contributed by atoms with van der Waals surface area (Å²) in [6.07, 6.45) is 0. The van der Waals surface area contributed by atoms with Crippen LogP contribution in [0.25, 0.3) is 0 Å². The summed E-state index contributed by atoms with van der Waals surface area (Å²) in [7, 11) is -2.84. The van der Waals surface area contributed by atoms with Crippen LogP contribution in [0, 0.1) is 15.9 Å². The van der Waals surface area contributed by atoms with E-state index in [0.717, 1.165) is 18.2 Å². The van der Waals surface area contributed by atoms with Crippen molar-refractivity contribution in [2.45, 2.75) is 0 Å². The SMILES string of the molecule is [2H]C([2H])([2H])Oc1cccc([N+](=O)[O-])c1F. The van der Waals surface area contributed by atoms with Crippen LogP contribution < -0.4 is 4.74 Å². The molecule has 0 N–H and O–H groups in total. The third-order valence-electron chi connectivity index (χ3n) is 1.25. The van der Waals surface area contributed by atoms with E-state index >= 15 is 0 Å². The summed E-state index contributed by atoms with van der Waals surface area (Å²) < 4.78 is 37.6. The maximum absolute atomic E-state index is 13.2. The van der Waals surface area contributed by atoms with Crippen LogP contribution in [0.1, 0.15) is 4.11 Å². The molecule has 0 radical (unpaired) electrons. The van der Waals surface area contributed by atoms with Crippen LogP contribution >= 0.6 is 0 Å². The van der Waals surface area contributed by atoms with E-state index in [4.69, 9.17) is 4.11 Å². The zero-order chi connectivity index (χ0) is 11.6. The van der Waals surface area contributed by atoms with Gasteiger partial charge >= 0.3 is 5.69 Å². The van der Waals surface area contributed by atoms with Gasteiger partial charge in [-0.1, -0.05) is 6.07 Å². The van der Waals surface area contributed by atoms with Gasteiger partial charge in [0.25, 0.3) is 0 Å². The molecule has 0 aromatic heterocycles. The third kappa shape index (κ3) is 1.34. The van der Waals surface area contributed by atoms with Crippen molar-refractivity contribution in [1.29, 1.82) is 0 Å². The fraction of sp³-hybridized carbons (Fsp3) is 0.143. The van der Waals surface area contributed by atoms with E-state index < -0.39 is 29.2 Å². The van der Waals surface area contributed by atoms with E-state index in [9.17, 15) is 14.5 Å². The molecule has 0 unspecified atom stereocenters. The minimum absolute atomic E-state index is 0.663. The van der Waals surface area contributed by atoms with Crippen molar-refractivity contribution in [2.75, 3.05) is 7.04 Å². The van der Waals surface area contributed by atoms with Crippen molar-refractivity contribution in [3.8, 4) is 5.75 Å². The van der Waals surface area contributed by atoms with Crippen LogP contribution in [0.5, 0.6) is 5.75 Å². The number of methoxy groups -OCH3 is 1. The fourth-order valence-electron chi connectivity index (χ4n) is 0.719. The lowest BCUT2D eigenvalue weighted by Gasteiger charge is -1.99. The number of halogens is 1. The molecule has 64 valence electrons. The molecular formula is C7H6FNO3. The molecule has 1 rings (SSSR count). The highest BCUT2D eigenvalue weighted by molar-refractivity contribution is 5.40. The van der Waals surface area contributed by atoms with Crippen LogP contribution in [0.2, 0.25) is 0 Å². The highest BCUT2D eigenvalue weighted by Crippen LogP contribution is 2.25. The van der Waals surface area contributed by atoms with Gasteiger partial charge in [-0.3, -0.25) is 10.1 Å². The summed E-state index contributed by atoms with van der Waals surface area (Å²) in [5.74, 6) is -1.96. The van der Waals surface area contributed by atoms with Crippen LogP contribution in [-0.2, 0) is 0 Å². The predicted molar refractivity (Wildman–Crippen MR) is 39.6 cm³/mol. The Morgan fingerprint density at radius 3 is 3.08 bits per heavy atom. The molecule has 0 bridgehead atoms. The Kier molecular flexibility index (Phi) is 1.34. The second kappa shape index (κ2) is 3.17. The maximum Gasteiger partial charge on any atom is 0.308 e. The fourth-order valence-corrected chi connectivity index (χ4v) is 0.719. The van der Waals surface area contributed by atoms with Crippen LogP contribution in [0.15, 0.2) is 18.2 Å². The molecule has 5 heteroatoms. The lowest BCUT2D eigenvalue weighted by molar-refractivity contribution is -0.387. The topological polar surface area (TPSA) is 52.4 Å². The number of hydrogen-bond donors (Lipinski definition) is 0. The van der Waals surface area contributed by atoms with Crippen molar-refractivity contribution >= 4 is 5.69 Å². The molecule has 0 amide bonds. The lowest BCUT2D eigenvalue weighted by atomic mass is 10.3. The molecule has 0 aliphatic heterocycles. The Morgan fingerprint density at radius 2 is 2.50 bits per heavy atom. The van der Waals surface area contributed by atoms with Gasteiger partial charge in [0.2, 0.25) is 5.82 Å². The molecule has 0 fully saturated rings. The summed E-state index contributed by atoms with van der Waals surface area (Å²) >= 11 is 0. The average Bonchev–Trinajstić information content (AvgIpc) is 2.05. The molecule has 0 saturated carbocycles. The summed E-state index contributed by atoms with van der Waals surface area (Å²) in [6.45, 7) is 0. The second-order valence-corrected chi connectivity index (χ2v) is 1.95. The summed E-state index contributed by atoms with van der Waals surface area (Å²) in [6, 6.07) is 3.07. The van der Waals surface area contributed by atoms with Crippen LogP contribution in [0.4, 0.5) is 10.1 Å². The first-order valence-electron chi connectivity index (χ1n) is 4.43. The molecule has 0 atom stereocenters. The lowest BCUT2D eigenvalue weighted by Crippen LogP contribution is -1.95. The van der Waals surface area contributed by atoms with Crippen LogP contribution in [-0.4, -0.2) is 12.0 Å². The Morgan fingerprint density at radius 1 is 1.75 bits per heavy atom. The van der Waals surface area contributed by atoms with Crippen molar-refractivity contribution in [2.24, 2.45) is 0 Å². The molecule has 0 aliphatic rings. The minimum atomic E-state index is -2.84. The van der Waals surface area contributed by atoms with Gasteiger partial charge < -0.3 is 4.74 Å². The van der Waals surface area contributed by atoms with Gasteiger partial charge in [0.1, 0.15) is 0 Å². The number of nitrogens with zero attached hydrogens (tertiary/aromatic N) is 1. The molecule has 0 saturated heterocycles. The van der Waals surface area contributed by atoms with Gasteiger partial charge in [0.05, 0.1) is 16.1 Å². The van der Waals surface area contributed by atoms with E-state index in [1.54, 1.807) is 0 Å². The van der Waals surface area contributed by atoms with Gasteiger partial charge in [-0.25, -0.2) is 0 Å². The normalized spacial score (nSPS) is 14.2.